The third-order valence-corrected chi connectivity index (χ3v) is 3.81. The molecule has 1 unspecified atom stereocenters. The molecule has 3 aromatic rings. The third kappa shape index (κ3) is 2.83. The largest absolute Gasteiger partial charge is 0.387 e. The van der Waals surface area contributed by atoms with Crippen molar-refractivity contribution in [2.45, 2.75) is 20.1 Å². The maximum absolute atomic E-state index is 11.0. The highest BCUT2D eigenvalue weighted by Crippen LogP contribution is 2.33. The van der Waals surface area contributed by atoms with Gasteiger partial charge < -0.3 is 15.4 Å². The normalized spacial score (nSPS) is 12.3. The summed E-state index contributed by atoms with van der Waals surface area (Å²) in [5, 5.41) is 14.5. The Kier molecular flexibility index (Phi) is 4.48. The van der Waals surface area contributed by atoms with Gasteiger partial charge >= 0.3 is 0 Å². The average Bonchev–Trinajstić information content (AvgIpc) is 3.21. The van der Waals surface area contributed by atoms with Gasteiger partial charge in [0.05, 0.1) is 35.5 Å². The van der Waals surface area contributed by atoms with Crippen molar-refractivity contribution in [2.24, 2.45) is 0 Å². The molecule has 1 atom stereocenters. The second-order valence-corrected chi connectivity index (χ2v) is 5.27. The molecule has 0 aliphatic heterocycles. The Hall–Kier alpha value is -2.87. The first-order valence-corrected chi connectivity index (χ1v) is 7.73. The highest BCUT2D eigenvalue weighted by atomic mass is 16.5. The number of amides is 1. The molecule has 3 heterocycles. The number of rotatable bonds is 7. The molecule has 1 amide bonds. The number of nitrogens with one attached hydrogen (secondary N) is 2. The van der Waals surface area contributed by atoms with Crippen LogP contribution < -0.4 is 10.6 Å². The van der Waals surface area contributed by atoms with E-state index in [-0.39, 0.29) is 6.23 Å². The molecule has 3 aromatic heterocycles. The molecule has 24 heavy (non-hydrogen) atoms. The Bertz CT molecular complexity index is 853. The molecule has 8 nitrogen and oxygen atoms in total. The van der Waals surface area contributed by atoms with Crippen molar-refractivity contribution < 1.29 is 9.53 Å². The van der Waals surface area contributed by atoms with E-state index < -0.39 is 0 Å². The third-order valence-electron chi connectivity index (χ3n) is 3.81. The standard InChI is InChI=1S/C16H20N6O2/c1-4-24-11(2)21-8-12(6-19-21)16-14(18-10-23)7-20-22-9-13(17-3)5-15(16)22/h5-11,17H,4H2,1-3H3,(H,18,23). The van der Waals surface area contributed by atoms with E-state index in [1.807, 2.05) is 39.4 Å². The highest BCUT2D eigenvalue weighted by molar-refractivity contribution is 5.94. The topological polar surface area (TPSA) is 85.5 Å². The van der Waals surface area contributed by atoms with Crippen LogP contribution in [-0.4, -0.2) is 39.5 Å². The van der Waals surface area contributed by atoms with Crippen molar-refractivity contribution in [2.75, 3.05) is 24.3 Å². The van der Waals surface area contributed by atoms with Gasteiger partial charge in [-0.15, -0.1) is 0 Å². The summed E-state index contributed by atoms with van der Waals surface area (Å²) < 4.78 is 9.08. The Morgan fingerprint density at radius 1 is 1.33 bits per heavy atom. The molecule has 126 valence electrons. The number of hydrogen-bond acceptors (Lipinski definition) is 5. The minimum atomic E-state index is -0.163. The van der Waals surface area contributed by atoms with E-state index in [4.69, 9.17) is 4.74 Å². The van der Waals surface area contributed by atoms with Crippen molar-refractivity contribution in [1.29, 1.82) is 0 Å². The SMILES string of the molecule is CCOC(C)n1cc(-c2c(NC=O)cnn3cc(NC)cc23)cn1. The van der Waals surface area contributed by atoms with Crippen LogP contribution in [0.15, 0.2) is 30.9 Å². The zero-order valence-electron chi connectivity index (χ0n) is 13.9. The lowest BCUT2D eigenvalue weighted by molar-refractivity contribution is -0.105. The van der Waals surface area contributed by atoms with Crippen molar-refractivity contribution in [3.63, 3.8) is 0 Å². The van der Waals surface area contributed by atoms with Gasteiger partial charge in [-0.2, -0.15) is 10.2 Å². The quantitative estimate of drug-likeness (QED) is 0.650. The summed E-state index contributed by atoms with van der Waals surface area (Å²) in [5.41, 5.74) is 4.16. The van der Waals surface area contributed by atoms with E-state index in [0.29, 0.717) is 18.7 Å². The Balaban J connectivity index is 2.13. The fourth-order valence-electron chi connectivity index (χ4n) is 2.65. The van der Waals surface area contributed by atoms with Crippen LogP contribution in [0, 0.1) is 0 Å². The summed E-state index contributed by atoms with van der Waals surface area (Å²) in [7, 11) is 1.85. The van der Waals surface area contributed by atoms with E-state index >= 15 is 0 Å². The summed E-state index contributed by atoms with van der Waals surface area (Å²) in [6.07, 6.45) is 7.65. The molecule has 0 aliphatic rings. The number of carbonyl (C=O) groups excluding carboxylic acids is 1. The summed E-state index contributed by atoms with van der Waals surface area (Å²) in [6, 6.07) is 1.97. The Morgan fingerprint density at radius 3 is 2.88 bits per heavy atom. The van der Waals surface area contributed by atoms with Gasteiger partial charge in [-0.25, -0.2) is 9.20 Å². The first-order chi connectivity index (χ1) is 11.7. The van der Waals surface area contributed by atoms with Gasteiger partial charge in [-0.3, -0.25) is 4.79 Å². The predicted molar refractivity (Wildman–Crippen MR) is 92.0 cm³/mol. The molecule has 0 fully saturated rings. The van der Waals surface area contributed by atoms with E-state index in [0.717, 1.165) is 22.3 Å². The van der Waals surface area contributed by atoms with E-state index in [2.05, 4.69) is 20.8 Å². The van der Waals surface area contributed by atoms with Gasteiger partial charge in [-0.1, -0.05) is 0 Å². The molecule has 0 aliphatic carbocycles. The van der Waals surface area contributed by atoms with Gasteiger partial charge in [0.1, 0.15) is 6.23 Å². The molecule has 3 rings (SSSR count). The van der Waals surface area contributed by atoms with Gasteiger partial charge in [0.25, 0.3) is 0 Å². The minimum Gasteiger partial charge on any atom is -0.387 e. The molecular weight excluding hydrogens is 308 g/mol. The summed E-state index contributed by atoms with van der Waals surface area (Å²) >= 11 is 0. The molecule has 0 saturated heterocycles. The van der Waals surface area contributed by atoms with E-state index in [1.165, 1.54) is 0 Å². The van der Waals surface area contributed by atoms with Gasteiger partial charge in [0.2, 0.25) is 6.41 Å². The van der Waals surface area contributed by atoms with E-state index in [1.54, 1.807) is 21.6 Å². The second kappa shape index (κ2) is 6.71. The van der Waals surface area contributed by atoms with Crippen molar-refractivity contribution in [1.82, 2.24) is 19.4 Å². The van der Waals surface area contributed by atoms with Crippen molar-refractivity contribution >= 4 is 23.3 Å². The molecule has 0 bridgehead atoms. The summed E-state index contributed by atoms with van der Waals surface area (Å²) in [4.78, 5) is 11.0. The Labute approximate surface area is 139 Å². The zero-order chi connectivity index (χ0) is 17.1. The smallest absolute Gasteiger partial charge is 0.211 e. The van der Waals surface area contributed by atoms with Crippen LogP contribution in [0.4, 0.5) is 11.4 Å². The molecule has 0 saturated carbocycles. The molecular formula is C16H20N6O2. The minimum absolute atomic E-state index is 0.163. The lowest BCUT2D eigenvalue weighted by Gasteiger charge is -2.11. The number of anilines is 2. The van der Waals surface area contributed by atoms with Crippen LogP contribution in [0.2, 0.25) is 0 Å². The van der Waals surface area contributed by atoms with Gasteiger partial charge in [0, 0.05) is 31.0 Å². The lowest BCUT2D eigenvalue weighted by atomic mass is 10.1. The number of fused-ring (bicyclic) bond motifs is 1. The maximum atomic E-state index is 11.0. The van der Waals surface area contributed by atoms with Gasteiger partial charge in [0.15, 0.2) is 0 Å². The fraction of sp³-hybridized carbons (Fsp3) is 0.312. The number of nitrogens with zero attached hydrogens (tertiary/aromatic N) is 4. The summed E-state index contributed by atoms with van der Waals surface area (Å²) in [6.45, 7) is 4.49. The second-order valence-electron chi connectivity index (χ2n) is 5.27. The number of ether oxygens (including phenoxy) is 1. The first-order valence-electron chi connectivity index (χ1n) is 7.73. The average molecular weight is 328 g/mol. The van der Waals surface area contributed by atoms with Crippen molar-refractivity contribution in [3.05, 3.63) is 30.9 Å². The first kappa shape index (κ1) is 16.0. The van der Waals surface area contributed by atoms with Crippen LogP contribution in [0.1, 0.15) is 20.1 Å². The Morgan fingerprint density at radius 2 is 2.17 bits per heavy atom. The molecule has 0 radical (unpaired) electrons. The highest BCUT2D eigenvalue weighted by Gasteiger charge is 2.16. The molecule has 0 spiro atoms. The number of hydrogen-bond donors (Lipinski definition) is 2. The van der Waals surface area contributed by atoms with Crippen molar-refractivity contribution in [3.8, 4) is 11.1 Å². The monoisotopic (exact) mass is 328 g/mol. The number of carbonyl (C=O) groups is 1. The van der Waals surface area contributed by atoms with Crippen LogP contribution in [0.3, 0.4) is 0 Å². The molecule has 8 heteroatoms. The van der Waals surface area contributed by atoms with Crippen LogP contribution in [0.25, 0.3) is 16.6 Å². The van der Waals surface area contributed by atoms with Crippen LogP contribution >= 0.6 is 0 Å². The van der Waals surface area contributed by atoms with E-state index in [9.17, 15) is 4.79 Å². The molecule has 2 N–H and O–H groups in total. The zero-order valence-corrected chi connectivity index (χ0v) is 13.9. The molecule has 0 aromatic carbocycles. The van der Waals surface area contributed by atoms with Crippen LogP contribution in [0.5, 0.6) is 0 Å². The number of aromatic nitrogens is 4. The van der Waals surface area contributed by atoms with Gasteiger partial charge in [-0.05, 0) is 19.9 Å². The lowest BCUT2D eigenvalue weighted by Crippen LogP contribution is -2.09. The maximum Gasteiger partial charge on any atom is 0.211 e. The van der Waals surface area contributed by atoms with Crippen LogP contribution in [-0.2, 0) is 9.53 Å². The predicted octanol–water partition coefficient (Wildman–Crippen LogP) is 2.36. The summed E-state index contributed by atoms with van der Waals surface area (Å²) in [5.74, 6) is 0. The fourth-order valence-corrected chi connectivity index (χ4v) is 2.65.